The van der Waals surface area contributed by atoms with Crippen molar-refractivity contribution in [3.63, 3.8) is 0 Å². The third kappa shape index (κ3) is 5.22. The van der Waals surface area contributed by atoms with Crippen LogP contribution in [0.2, 0.25) is 10.0 Å². The minimum Gasteiger partial charge on any atom is -0.435 e. The monoisotopic (exact) mass is 400 g/mol. The zero-order chi connectivity index (χ0) is 19.2. The van der Waals surface area contributed by atoms with Gasteiger partial charge in [-0.15, -0.1) is 0 Å². The first-order valence-corrected chi connectivity index (χ1v) is 9.21. The van der Waals surface area contributed by atoms with Crippen LogP contribution in [-0.4, -0.2) is 10.9 Å². The molecule has 4 nitrogen and oxygen atoms in total. The van der Waals surface area contributed by atoms with Crippen molar-refractivity contribution in [2.24, 2.45) is 0 Å². The second-order valence-corrected chi connectivity index (χ2v) is 6.95. The minimum absolute atomic E-state index is 0.0995. The van der Waals surface area contributed by atoms with Gasteiger partial charge in [0.15, 0.2) is 5.75 Å². The number of pyridine rings is 1. The first-order chi connectivity index (χ1) is 13.0. The molecule has 27 heavy (non-hydrogen) atoms. The topological polar surface area (TPSA) is 51.2 Å². The average molecular weight is 401 g/mol. The highest BCUT2D eigenvalue weighted by molar-refractivity contribution is 6.35. The molecule has 0 saturated carbocycles. The number of ether oxygens (including phenoxy) is 1. The second kappa shape index (κ2) is 8.89. The normalized spacial score (nSPS) is 11.7. The first-order valence-electron chi connectivity index (χ1n) is 8.45. The lowest BCUT2D eigenvalue weighted by atomic mass is 9.97. The Morgan fingerprint density at radius 3 is 2.56 bits per heavy atom. The fourth-order valence-electron chi connectivity index (χ4n) is 2.62. The van der Waals surface area contributed by atoms with Crippen LogP contribution in [0.15, 0.2) is 66.9 Å². The number of amides is 1. The van der Waals surface area contributed by atoms with Crippen molar-refractivity contribution >= 4 is 34.8 Å². The molecule has 0 radical (unpaired) electrons. The van der Waals surface area contributed by atoms with E-state index in [4.69, 9.17) is 27.9 Å². The molecule has 6 heteroatoms. The van der Waals surface area contributed by atoms with E-state index >= 15 is 0 Å². The van der Waals surface area contributed by atoms with Gasteiger partial charge in [0.25, 0.3) is 0 Å². The van der Waals surface area contributed by atoms with Crippen LogP contribution in [0.4, 0.5) is 5.69 Å². The molecule has 1 amide bonds. The molecule has 0 aliphatic rings. The molecule has 1 heterocycles. The summed E-state index contributed by atoms with van der Waals surface area (Å²) in [5.74, 6) is 0.680. The van der Waals surface area contributed by atoms with Crippen molar-refractivity contribution in [1.29, 1.82) is 0 Å². The summed E-state index contributed by atoms with van der Waals surface area (Å²) in [6.45, 7) is 2.02. The SMILES string of the molecule is CC(CC(=O)Nc1ccccc1Oc1ncc(Cl)cc1Cl)c1ccccc1. The number of carbonyl (C=O) groups excluding carboxylic acids is 1. The number of nitrogens with one attached hydrogen (secondary N) is 1. The summed E-state index contributed by atoms with van der Waals surface area (Å²) < 4.78 is 5.77. The van der Waals surface area contributed by atoms with E-state index < -0.39 is 0 Å². The van der Waals surface area contributed by atoms with E-state index in [-0.39, 0.29) is 17.7 Å². The Morgan fingerprint density at radius 2 is 1.81 bits per heavy atom. The number of rotatable bonds is 6. The maximum absolute atomic E-state index is 12.5. The summed E-state index contributed by atoms with van der Waals surface area (Å²) in [7, 11) is 0. The van der Waals surface area contributed by atoms with Crippen LogP contribution in [0.3, 0.4) is 0 Å². The molecule has 3 rings (SSSR count). The predicted molar refractivity (Wildman–Crippen MR) is 109 cm³/mol. The molecular formula is C21H18Cl2N2O2. The summed E-state index contributed by atoms with van der Waals surface area (Å²) in [5.41, 5.74) is 1.67. The lowest BCUT2D eigenvalue weighted by Crippen LogP contribution is -2.15. The van der Waals surface area contributed by atoms with Gasteiger partial charge in [-0.3, -0.25) is 4.79 Å². The molecule has 3 aromatic rings. The molecule has 1 N–H and O–H groups in total. The molecule has 1 aromatic heterocycles. The van der Waals surface area contributed by atoms with Crippen LogP contribution in [0.1, 0.15) is 24.8 Å². The maximum Gasteiger partial charge on any atom is 0.238 e. The van der Waals surface area contributed by atoms with E-state index in [1.165, 1.54) is 6.20 Å². The number of hydrogen-bond donors (Lipinski definition) is 1. The molecule has 0 aliphatic carbocycles. The highest BCUT2D eigenvalue weighted by Gasteiger charge is 2.14. The number of hydrogen-bond acceptors (Lipinski definition) is 3. The molecule has 138 valence electrons. The lowest BCUT2D eigenvalue weighted by Gasteiger charge is -2.15. The number of para-hydroxylation sites is 2. The van der Waals surface area contributed by atoms with E-state index in [1.807, 2.05) is 43.3 Å². The fraction of sp³-hybridized carbons (Fsp3) is 0.143. The van der Waals surface area contributed by atoms with Crippen molar-refractivity contribution in [2.75, 3.05) is 5.32 Å². The molecule has 0 aliphatic heterocycles. The summed E-state index contributed by atoms with van der Waals surface area (Å²) in [6.07, 6.45) is 1.81. The molecule has 2 aromatic carbocycles. The van der Waals surface area contributed by atoms with Gasteiger partial charge in [-0.05, 0) is 29.7 Å². The quantitative estimate of drug-likeness (QED) is 0.526. The highest BCUT2D eigenvalue weighted by Crippen LogP contribution is 2.33. The smallest absolute Gasteiger partial charge is 0.238 e. The van der Waals surface area contributed by atoms with Gasteiger partial charge in [-0.2, -0.15) is 0 Å². The van der Waals surface area contributed by atoms with Crippen LogP contribution in [0, 0.1) is 0 Å². The van der Waals surface area contributed by atoms with Gasteiger partial charge in [0.05, 0.1) is 10.7 Å². The minimum atomic E-state index is -0.0995. The Kier molecular flexibility index (Phi) is 6.32. The molecule has 0 fully saturated rings. The fourth-order valence-corrected chi connectivity index (χ4v) is 3.04. The van der Waals surface area contributed by atoms with Gasteiger partial charge < -0.3 is 10.1 Å². The van der Waals surface area contributed by atoms with E-state index in [0.29, 0.717) is 27.9 Å². The number of benzene rings is 2. The summed E-state index contributed by atoms with van der Waals surface area (Å²) in [4.78, 5) is 16.6. The van der Waals surface area contributed by atoms with Crippen LogP contribution in [-0.2, 0) is 4.79 Å². The Hall–Kier alpha value is -2.56. The van der Waals surface area contributed by atoms with E-state index in [0.717, 1.165) is 5.56 Å². The van der Waals surface area contributed by atoms with Gasteiger partial charge in [0, 0.05) is 12.6 Å². The number of halogens is 2. The van der Waals surface area contributed by atoms with Gasteiger partial charge in [0.1, 0.15) is 5.02 Å². The summed E-state index contributed by atoms with van der Waals surface area (Å²) in [6, 6.07) is 18.6. The average Bonchev–Trinajstić information content (AvgIpc) is 2.66. The molecule has 0 spiro atoms. The Morgan fingerprint density at radius 1 is 1.11 bits per heavy atom. The third-order valence-electron chi connectivity index (χ3n) is 4.00. The van der Waals surface area contributed by atoms with Crippen molar-refractivity contribution in [3.8, 4) is 11.6 Å². The molecule has 0 bridgehead atoms. The van der Waals surface area contributed by atoms with Gasteiger partial charge >= 0.3 is 0 Å². The maximum atomic E-state index is 12.5. The van der Waals surface area contributed by atoms with E-state index in [1.54, 1.807) is 24.3 Å². The van der Waals surface area contributed by atoms with E-state index in [9.17, 15) is 4.79 Å². The van der Waals surface area contributed by atoms with Crippen molar-refractivity contribution < 1.29 is 9.53 Å². The predicted octanol–water partition coefficient (Wildman–Crippen LogP) is 6.31. The first kappa shape index (κ1) is 19.2. The highest BCUT2D eigenvalue weighted by atomic mass is 35.5. The molecule has 0 saturated heterocycles. The number of nitrogens with zero attached hydrogens (tertiary/aromatic N) is 1. The van der Waals surface area contributed by atoms with Crippen LogP contribution in [0.5, 0.6) is 11.6 Å². The Labute approximate surface area is 168 Å². The zero-order valence-corrected chi connectivity index (χ0v) is 16.2. The zero-order valence-electron chi connectivity index (χ0n) is 14.7. The number of aromatic nitrogens is 1. The van der Waals surface area contributed by atoms with Gasteiger partial charge in [-0.25, -0.2) is 4.98 Å². The van der Waals surface area contributed by atoms with Crippen LogP contribution >= 0.6 is 23.2 Å². The third-order valence-corrected chi connectivity index (χ3v) is 4.48. The van der Waals surface area contributed by atoms with Crippen molar-refractivity contribution in [3.05, 3.63) is 82.5 Å². The number of anilines is 1. The second-order valence-electron chi connectivity index (χ2n) is 6.10. The standard InChI is InChI=1S/C21H18Cl2N2O2/c1-14(15-7-3-2-4-8-15)11-20(26)25-18-9-5-6-10-19(18)27-21-17(23)12-16(22)13-24-21/h2-10,12-14H,11H2,1H3,(H,25,26). The van der Waals surface area contributed by atoms with Gasteiger partial charge in [-0.1, -0.05) is 72.6 Å². The van der Waals surface area contributed by atoms with Crippen LogP contribution < -0.4 is 10.1 Å². The van der Waals surface area contributed by atoms with Gasteiger partial charge in [0.2, 0.25) is 11.8 Å². The summed E-state index contributed by atoms with van der Waals surface area (Å²) in [5, 5.41) is 3.61. The van der Waals surface area contributed by atoms with Crippen molar-refractivity contribution in [1.82, 2.24) is 4.98 Å². The molecular weight excluding hydrogens is 383 g/mol. The molecule has 1 unspecified atom stereocenters. The van der Waals surface area contributed by atoms with Crippen molar-refractivity contribution in [2.45, 2.75) is 19.3 Å². The van der Waals surface area contributed by atoms with E-state index in [2.05, 4.69) is 10.3 Å². The lowest BCUT2D eigenvalue weighted by molar-refractivity contribution is -0.116. The number of carbonyl (C=O) groups is 1. The Bertz CT molecular complexity index is 932. The molecule has 1 atom stereocenters. The summed E-state index contributed by atoms with van der Waals surface area (Å²) >= 11 is 12.0. The Balaban J connectivity index is 1.71. The van der Waals surface area contributed by atoms with Crippen LogP contribution in [0.25, 0.3) is 0 Å². The largest absolute Gasteiger partial charge is 0.435 e.